The molecule has 3 nitrogen and oxygen atoms in total. The van der Waals surface area contributed by atoms with Crippen LogP contribution in [0.1, 0.15) is 17.8 Å². The van der Waals surface area contributed by atoms with Gasteiger partial charge in [0.2, 0.25) is 0 Å². The Bertz CT molecular complexity index is 387. The number of esters is 1. The summed E-state index contributed by atoms with van der Waals surface area (Å²) < 4.78 is 31.2. The minimum atomic E-state index is -3.77. The zero-order valence-electron chi connectivity index (χ0n) is 8.78. The lowest BCUT2D eigenvalue weighted by atomic mass is 10.1. The first-order valence-corrected chi connectivity index (χ1v) is 5.70. The van der Waals surface area contributed by atoms with E-state index in [1.807, 2.05) is 0 Å². The van der Waals surface area contributed by atoms with Crippen molar-refractivity contribution in [2.75, 3.05) is 6.61 Å². The molecule has 0 aliphatic carbocycles. The highest BCUT2D eigenvalue weighted by Gasteiger charge is 2.48. The first-order chi connectivity index (χ1) is 7.41. The molecule has 0 fully saturated rings. The highest BCUT2D eigenvalue weighted by atomic mass is 35.5. The molecular formula is C9H11Cl2F2NO2S. The fourth-order valence-corrected chi connectivity index (χ4v) is 2.26. The van der Waals surface area contributed by atoms with Gasteiger partial charge in [0.05, 0.1) is 11.6 Å². The summed E-state index contributed by atoms with van der Waals surface area (Å²) in [5.41, 5.74) is 5.32. The van der Waals surface area contributed by atoms with Crippen LogP contribution in [0.25, 0.3) is 0 Å². The van der Waals surface area contributed by atoms with Crippen LogP contribution >= 0.6 is 35.3 Å². The molecule has 1 atom stereocenters. The minimum absolute atomic E-state index is 0. The molecule has 0 spiro atoms. The first-order valence-electron chi connectivity index (χ1n) is 4.44. The summed E-state index contributed by atoms with van der Waals surface area (Å²) >= 11 is 6.64. The van der Waals surface area contributed by atoms with E-state index in [1.54, 1.807) is 0 Å². The SMILES string of the molecule is CCOC(=O)C(F)(F)[C@@H](N)c1sccc1Cl.Cl. The topological polar surface area (TPSA) is 52.3 Å². The molecule has 2 N–H and O–H groups in total. The number of halogens is 4. The molecule has 0 radical (unpaired) electrons. The van der Waals surface area contributed by atoms with Crippen molar-refractivity contribution in [2.24, 2.45) is 5.73 Å². The number of hydrogen-bond acceptors (Lipinski definition) is 4. The fraction of sp³-hybridized carbons (Fsp3) is 0.444. The third-order valence-corrected chi connectivity index (χ3v) is 3.31. The highest BCUT2D eigenvalue weighted by molar-refractivity contribution is 7.10. The van der Waals surface area contributed by atoms with Gasteiger partial charge in [0, 0.05) is 4.88 Å². The highest BCUT2D eigenvalue weighted by Crippen LogP contribution is 2.37. The number of carbonyl (C=O) groups is 1. The minimum Gasteiger partial charge on any atom is -0.462 e. The van der Waals surface area contributed by atoms with Crippen molar-refractivity contribution >= 4 is 41.3 Å². The smallest absolute Gasteiger partial charge is 0.379 e. The summed E-state index contributed by atoms with van der Waals surface area (Å²) in [5, 5.41) is 1.65. The number of alkyl halides is 2. The molecule has 1 aromatic heterocycles. The second-order valence-electron chi connectivity index (χ2n) is 2.95. The van der Waals surface area contributed by atoms with Crippen molar-refractivity contribution in [3.63, 3.8) is 0 Å². The Balaban J connectivity index is 0.00000256. The van der Waals surface area contributed by atoms with E-state index in [9.17, 15) is 13.6 Å². The normalized spacial score (nSPS) is 12.8. The van der Waals surface area contributed by atoms with Crippen LogP contribution < -0.4 is 5.73 Å². The summed E-state index contributed by atoms with van der Waals surface area (Å²) in [7, 11) is 0. The summed E-state index contributed by atoms with van der Waals surface area (Å²) in [6.45, 7) is 1.32. The maximum absolute atomic E-state index is 13.5. The van der Waals surface area contributed by atoms with Crippen LogP contribution in [0.5, 0.6) is 0 Å². The molecule has 0 aliphatic heterocycles. The van der Waals surface area contributed by atoms with E-state index >= 15 is 0 Å². The van der Waals surface area contributed by atoms with Gasteiger partial charge >= 0.3 is 11.9 Å². The zero-order valence-corrected chi connectivity index (χ0v) is 11.2. The number of thiophene rings is 1. The van der Waals surface area contributed by atoms with Gasteiger partial charge in [-0.25, -0.2) is 4.79 Å². The molecule has 0 saturated heterocycles. The predicted molar refractivity (Wildman–Crippen MR) is 65.1 cm³/mol. The van der Waals surface area contributed by atoms with Crippen LogP contribution in [-0.2, 0) is 9.53 Å². The van der Waals surface area contributed by atoms with E-state index < -0.39 is 17.9 Å². The third kappa shape index (κ3) is 3.51. The monoisotopic (exact) mass is 305 g/mol. The van der Waals surface area contributed by atoms with Crippen LogP contribution in [0, 0.1) is 0 Å². The van der Waals surface area contributed by atoms with E-state index in [-0.39, 0.29) is 28.9 Å². The zero-order chi connectivity index (χ0) is 12.3. The third-order valence-electron chi connectivity index (χ3n) is 1.87. The molecule has 98 valence electrons. The molecule has 1 aromatic rings. The van der Waals surface area contributed by atoms with E-state index in [0.717, 1.165) is 11.3 Å². The lowest BCUT2D eigenvalue weighted by molar-refractivity contribution is -0.174. The average Bonchev–Trinajstić information content (AvgIpc) is 2.63. The van der Waals surface area contributed by atoms with Crippen molar-refractivity contribution in [3.05, 3.63) is 21.3 Å². The second kappa shape index (κ2) is 6.49. The van der Waals surface area contributed by atoms with Gasteiger partial charge in [0.25, 0.3) is 0 Å². The molecule has 17 heavy (non-hydrogen) atoms. The lowest BCUT2D eigenvalue weighted by Crippen LogP contribution is -2.41. The molecule has 1 heterocycles. The van der Waals surface area contributed by atoms with Gasteiger partial charge in [-0.2, -0.15) is 8.78 Å². The van der Waals surface area contributed by atoms with Crippen LogP contribution in [0.4, 0.5) is 8.78 Å². The van der Waals surface area contributed by atoms with E-state index in [0.29, 0.717) is 0 Å². The Morgan fingerprint density at radius 3 is 2.71 bits per heavy atom. The summed E-state index contributed by atoms with van der Waals surface area (Å²) in [5.74, 6) is -5.41. The largest absolute Gasteiger partial charge is 0.462 e. The van der Waals surface area contributed by atoms with Crippen molar-refractivity contribution < 1.29 is 18.3 Å². The molecule has 0 aromatic carbocycles. The maximum atomic E-state index is 13.5. The van der Waals surface area contributed by atoms with Gasteiger partial charge in [0.1, 0.15) is 6.04 Å². The molecular weight excluding hydrogens is 295 g/mol. The van der Waals surface area contributed by atoms with Crippen molar-refractivity contribution in [1.82, 2.24) is 0 Å². The molecule has 0 bridgehead atoms. The van der Waals surface area contributed by atoms with Gasteiger partial charge < -0.3 is 10.5 Å². The van der Waals surface area contributed by atoms with Gasteiger partial charge in [-0.3, -0.25) is 0 Å². The summed E-state index contributed by atoms with van der Waals surface area (Å²) in [6.07, 6.45) is 0. The average molecular weight is 306 g/mol. The standard InChI is InChI=1S/C9H10ClF2NO2S.ClH/c1-2-15-8(14)9(11,12)7(13)6-5(10)3-4-16-6;/h3-4,7H,2,13H2,1H3;1H/t7-;/m0./s1. The van der Waals surface area contributed by atoms with Crippen molar-refractivity contribution in [2.45, 2.75) is 18.9 Å². The van der Waals surface area contributed by atoms with Gasteiger partial charge in [0.15, 0.2) is 0 Å². The van der Waals surface area contributed by atoms with Gasteiger partial charge in [-0.1, -0.05) is 11.6 Å². The second-order valence-corrected chi connectivity index (χ2v) is 4.31. The molecule has 8 heteroatoms. The molecule has 1 rings (SSSR count). The Labute approximate surface area is 112 Å². The maximum Gasteiger partial charge on any atom is 0.379 e. The van der Waals surface area contributed by atoms with E-state index in [4.69, 9.17) is 17.3 Å². The summed E-state index contributed by atoms with van der Waals surface area (Å²) in [4.78, 5) is 11.1. The number of hydrogen-bond donors (Lipinski definition) is 1. The van der Waals surface area contributed by atoms with E-state index in [2.05, 4.69) is 4.74 Å². The number of ether oxygens (including phenoxy) is 1. The van der Waals surface area contributed by atoms with Crippen molar-refractivity contribution in [1.29, 1.82) is 0 Å². The molecule has 0 aliphatic rings. The number of carbonyl (C=O) groups excluding carboxylic acids is 1. The Morgan fingerprint density at radius 2 is 2.29 bits per heavy atom. The quantitative estimate of drug-likeness (QED) is 0.870. The molecule has 0 unspecified atom stereocenters. The number of nitrogens with two attached hydrogens (primary N) is 1. The lowest BCUT2D eigenvalue weighted by Gasteiger charge is -2.20. The van der Waals surface area contributed by atoms with Crippen LogP contribution in [-0.4, -0.2) is 18.5 Å². The van der Waals surface area contributed by atoms with Gasteiger partial charge in [-0.05, 0) is 18.4 Å². The number of rotatable bonds is 4. The molecule has 0 saturated carbocycles. The van der Waals surface area contributed by atoms with E-state index in [1.165, 1.54) is 18.4 Å². The Morgan fingerprint density at radius 1 is 1.71 bits per heavy atom. The molecule has 0 amide bonds. The van der Waals surface area contributed by atoms with Crippen molar-refractivity contribution in [3.8, 4) is 0 Å². The first kappa shape index (κ1) is 16.6. The van der Waals surface area contributed by atoms with Crippen LogP contribution in [0.3, 0.4) is 0 Å². The van der Waals surface area contributed by atoms with Gasteiger partial charge in [-0.15, -0.1) is 23.7 Å². The predicted octanol–water partition coefficient (Wildman–Crippen LogP) is 3.02. The van der Waals surface area contributed by atoms with Crippen LogP contribution in [0.15, 0.2) is 11.4 Å². The Hall–Kier alpha value is -0.430. The van der Waals surface area contributed by atoms with Crippen LogP contribution in [0.2, 0.25) is 5.02 Å². The Kier molecular flexibility index (Phi) is 6.32. The fourth-order valence-electron chi connectivity index (χ4n) is 1.05. The summed E-state index contributed by atoms with van der Waals surface area (Å²) in [6, 6.07) is -0.332.